The summed E-state index contributed by atoms with van der Waals surface area (Å²) in [5, 5.41) is 7.22. The van der Waals surface area contributed by atoms with Crippen LogP contribution in [0.2, 0.25) is 0 Å². The van der Waals surface area contributed by atoms with Gasteiger partial charge in [-0.1, -0.05) is 43.8 Å². The lowest BCUT2D eigenvalue weighted by Crippen LogP contribution is -2.29. The monoisotopic (exact) mass is 553 g/mol. The van der Waals surface area contributed by atoms with E-state index in [2.05, 4.69) is 63.2 Å². The largest absolute Gasteiger partial charge is 0.494 e. The molecule has 214 valence electrons. The van der Waals surface area contributed by atoms with Crippen molar-refractivity contribution >= 4 is 45.5 Å². The van der Waals surface area contributed by atoms with E-state index in [1.807, 2.05) is 58.5 Å². The molecule has 9 nitrogen and oxygen atoms in total. The highest BCUT2D eigenvalue weighted by atomic mass is 16.5. The zero-order valence-corrected chi connectivity index (χ0v) is 24.7. The van der Waals surface area contributed by atoms with Crippen LogP contribution in [0, 0.1) is 0 Å². The van der Waals surface area contributed by atoms with Crippen LogP contribution in [0.5, 0.6) is 5.75 Å². The van der Waals surface area contributed by atoms with E-state index in [1.165, 1.54) is 11.6 Å². The highest BCUT2D eigenvalue weighted by Gasteiger charge is 2.19. The van der Waals surface area contributed by atoms with E-state index in [0.29, 0.717) is 28.7 Å². The van der Waals surface area contributed by atoms with Crippen molar-refractivity contribution < 1.29 is 9.53 Å². The summed E-state index contributed by atoms with van der Waals surface area (Å²) in [5.41, 5.74) is 7.00. The summed E-state index contributed by atoms with van der Waals surface area (Å²) in [4.78, 5) is 29.5. The molecule has 2 aromatic carbocycles. The SMILES string of the molecule is C=CC(=O)Nc1cc(Nc2nc(/C(=C/C)c3ccccc3CC)c3cc[nH]c3n2)c(OC)cc1N(C)CCN(C)C. The smallest absolute Gasteiger partial charge is 0.247 e. The second kappa shape index (κ2) is 13.1. The number of anilines is 4. The van der Waals surface area contributed by atoms with Gasteiger partial charge in [-0.05, 0) is 56.8 Å². The minimum absolute atomic E-state index is 0.304. The maximum atomic E-state index is 12.4. The van der Waals surface area contributed by atoms with Crippen LogP contribution in [0.25, 0.3) is 16.6 Å². The first-order valence-corrected chi connectivity index (χ1v) is 13.7. The summed E-state index contributed by atoms with van der Waals surface area (Å²) in [6.45, 7) is 9.38. The number of aromatic amines is 1. The number of ether oxygens (including phenoxy) is 1. The summed E-state index contributed by atoms with van der Waals surface area (Å²) in [6, 6.07) is 14.1. The number of benzene rings is 2. The van der Waals surface area contributed by atoms with Crippen LogP contribution >= 0.6 is 0 Å². The van der Waals surface area contributed by atoms with Gasteiger partial charge in [0, 0.05) is 43.4 Å². The highest BCUT2D eigenvalue weighted by molar-refractivity contribution is 6.02. The number of carbonyl (C=O) groups excluding carboxylic acids is 1. The molecule has 41 heavy (non-hydrogen) atoms. The molecular weight excluding hydrogens is 514 g/mol. The summed E-state index contributed by atoms with van der Waals surface area (Å²) in [6.07, 6.45) is 6.12. The molecule has 4 aromatic rings. The lowest BCUT2D eigenvalue weighted by Gasteiger charge is -2.26. The van der Waals surface area contributed by atoms with Crippen molar-refractivity contribution in [2.75, 3.05) is 56.9 Å². The number of likely N-dealkylation sites (N-methyl/N-ethyl adjacent to an activating group) is 2. The number of aromatic nitrogens is 3. The number of fused-ring (bicyclic) bond motifs is 1. The van der Waals surface area contributed by atoms with E-state index in [0.717, 1.165) is 47.4 Å². The van der Waals surface area contributed by atoms with Crippen LogP contribution in [0.4, 0.5) is 23.0 Å². The minimum atomic E-state index is -0.304. The molecule has 0 aliphatic heterocycles. The Morgan fingerprint density at radius 3 is 2.56 bits per heavy atom. The van der Waals surface area contributed by atoms with Crippen LogP contribution < -0.4 is 20.3 Å². The second-order valence-corrected chi connectivity index (χ2v) is 9.96. The van der Waals surface area contributed by atoms with E-state index in [-0.39, 0.29) is 5.91 Å². The molecule has 0 fully saturated rings. The number of allylic oxidation sites excluding steroid dienone is 1. The van der Waals surface area contributed by atoms with Gasteiger partial charge in [-0.2, -0.15) is 4.98 Å². The highest BCUT2D eigenvalue weighted by Crippen LogP contribution is 2.38. The Hall–Kier alpha value is -4.63. The van der Waals surface area contributed by atoms with Crippen LogP contribution in [-0.2, 0) is 11.2 Å². The first-order valence-electron chi connectivity index (χ1n) is 13.7. The molecule has 0 saturated heterocycles. The van der Waals surface area contributed by atoms with Crippen LogP contribution in [0.1, 0.15) is 30.7 Å². The fraction of sp³-hybridized carbons (Fsp3) is 0.281. The number of hydrogen-bond acceptors (Lipinski definition) is 7. The Kier molecular flexibility index (Phi) is 9.41. The molecule has 0 atom stereocenters. The maximum absolute atomic E-state index is 12.4. The zero-order valence-electron chi connectivity index (χ0n) is 24.7. The van der Waals surface area contributed by atoms with Crippen molar-refractivity contribution in [2.45, 2.75) is 20.3 Å². The van der Waals surface area contributed by atoms with E-state index < -0.39 is 0 Å². The number of rotatable bonds is 12. The molecule has 4 rings (SSSR count). The summed E-state index contributed by atoms with van der Waals surface area (Å²) < 4.78 is 5.78. The quantitative estimate of drug-likeness (QED) is 0.189. The van der Waals surface area contributed by atoms with Gasteiger partial charge < -0.3 is 30.2 Å². The van der Waals surface area contributed by atoms with Crippen LogP contribution in [0.15, 0.2) is 67.4 Å². The zero-order chi connectivity index (χ0) is 29.5. The Bertz CT molecular complexity index is 1570. The van der Waals surface area contributed by atoms with Crippen molar-refractivity contribution in [1.29, 1.82) is 0 Å². The number of hydrogen-bond donors (Lipinski definition) is 3. The van der Waals surface area contributed by atoms with E-state index in [1.54, 1.807) is 7.11 Å². The number of methoxy groups -OCH3 is 1. The molecule has 0 aliphatic rings. The molecule has 0 unspecified atom stereocenters. The maximum Gasteiger partial charge on any atom is 0.247 e. The molecule has 9 heteroatoms. The van der Waals surface area contributed by atoms with Crippen molar-refractivity contribution in [3.05, 3.63) is 84.2 Å². The standard InChI is InChI=1S/C32H39N7O2/c1-8-21-13-11-12-14-23(21)22(9-2)30-24-15-16-33-31(24)37-32(36-30)35-26-19-25(34-29(40)10-3)27(20-28(26)41-7)39(6)18-17-38(4)5/h9-16,19-20H,3,8,17-18H2,1-2,4-7H3,(H,34,40)(H2,33,35,36,37)/b22-9+. The van der Waals surface area contributed by atoms with Crippen molar-refractivity contribution in [2.24, 2.45) is 0 Å². The van der Waals surface area contributed by atoms with Gasteiger partial charge in [0.25, 0.3) is 0 Å². The first kappa shape index (κ1) is 29.4. The number of H-pyrrole nitrogens is 1. The topological polar surface area (TPSA) is 98.4 Å². The molecule has 1 amide bonds. The molecule has 0 radical (unpaired) electrons. The van der Waals surface area contributed by atoms with Gasteiger partial charge >= 0.3 is 0 Å². The Balaban J connectivity index is 1.80. The van der Waals surface area contributed by atoms with Gasteiger partial charge in [-0.3, -0.25) is 4.79 Å². The van der Waals surface area contributed by atoms with Gasteiger partial charge in [0.05, 0.1) is 29.9 Å². The fourth-order valence-electron chi connectivity index (χ4n) is 4.74. The Morgan fingerprint density at radius 2 is 1.88 bits per heavy atom. The summed E-state index contributed by atoms with van der Waals surface area (Å²) in [5.74, 6) is 0.686. The van der Waals surface area contributed by atoms with Gasteiger partial charge in [0.1, 0.15) is 11.4 Å². The van der Waals surface area contributed by atoms with Crippen molar-refractivity contribution in [3.8, 4) is 5.75 Å². The van der Waals surface area contributed by atoms with Crippen LogP contribution in [0.3, 0.4) is 0 Å². The lowest BCUT2D eigenvalue weighted by atomic mass is 9.94. The minimum Gasteiger partial charge on any atom is -0.494 e. The van der Waals surface area contributed by atoms with Gasteiger partial charge in [0.2, 0.25) is 11.9 Å². The molecule has 0 bridgehead atoms. The Labute approximate surface area is 242 Å². The van der Waals surface area contributed by atoms with E-state index in [9.17, 15) is 4.79 Å². The van der Waals surface area contributed by atoms with Crippen molar-refractivity contribution in [1.82, 2.24) is 19.9 Å². The van der Waals surface area contributed by atoms with Crippen molar-refractivity contribution in [3.63, 3.8) is 0 Å². The molecule has 3 N–H and O–H groups in total. The number of nitrogens with zero attached hydrogens (tertiary/aromatic N) is 4. The Morgan fingerprint density at radius 1 is 1.10 bits per heavy atom. The predicted molar refractivity (Wildman–Crippen MR) is 169 cm³/mol. The third kappa shape index (κ3) is 6.58. The lowest BCUT2D eigenvalue weighted by molar-refractivity contribution is -0.111. The average molecular weight is 554 g/mol. The second-order valence-electron chi connectivity index (χ2n) is 9.96. The fourth-order valence-corrected chi connectivity index (χ4v) is 4.74. The van der Waals surface area contributed by atoms with Gasteiger partial charge in [-0.15, -0.1) is 0 Å². The number of carbonyl (C=O) groups is 1. The van der Waals surface area contributed by atoms with Gasteiger partial charge in [0.15, 0.2) is 0 Å². The van der Waals surface area contributed by atoms with E-state index >= 15 is 0 Å². The molecule has 2 heterocycles. The molecule has 0 aliphatic carbocycles. The van der Waals surface area contributed by atoms with Crippen LogP contribution in [-0.4, -0.2) is 67.1 Å². The first-order chi connectivity index (χ1) is 19.8. The van der Waals surface area contributed by atoms with Gasteiger partial charge in [-0.25, -0.2) is 4.98 Å². The number of aryl methyl sites for hydroxylation is 1. The molecule has 2 aromatic heterocycles. The average Bonchev–Trinajstić information content (AvgIpc) is 3.45. The predicted octanol–water partition coefficient (Wildman–Crippen LogP) is 5.85. The molecule has 0 spiro atoms. The third-order valence-corrected chi connectivity index (χ3v) is 6.95. The number of amides is 1. The molecule has 0 saturated carbocycles. The summed E-state index contributed by atoms with van der Waals surface area (Å²) in [7, 11) is 7.65. The molecular formula is C32H39N7O2. The summed E-state index contributed by atoms with van der Waals surface area (Å²) >= 11 is 0. The van der Waals surface area contributed by atoms with E-state index in [4.69, 9.17) is 14.7 Å². The third-order valence-electron chi connectivity index (χ3n) is 6.95. The number of nitrogens with one attached hydrogen (secondary N) is 3. The normalized spacial score (nSPS) is 11.5.